The van der Waals surface area contributed by atoms with Gasteiger partial charge < -0.3 is 42.0 Å². The van der Waals surface area contributed by atoms with Crippen molar-refractivity contribution in [1.29, 1.82) is 5.41 Å². The van der Waals surface area contributed by atoms with Crippen LogP contribution in [0.1, 0.15) is 48.7 Å². The Bertz CT molecular complexity index is 1240. The normalized spacial score (nSPS) is 17.5. The van der Waals surface area contributed by atoms with Crippen LogP contribution in [0.3, 0.4) is 0 Å². The van der Waals surface area contributed by atoms with Crippen LogP contribution in [-0.2, 0) is 14.4 Å². The van der Waals surface area contributed by atoms with Gasteiger partial charge in [0.15, 0.2) is 6.04 Å². The Morgan fingerprint density at radius 2 is 2.00 bits per heavy atom. The largest absolute Gasteiger partial charge is 0.480 e. The number of aliphatic hydroxyl groups is 1. The van der Waals surface area contributed by atoms with Crippen molar-refractivity contribution >= 4 is 34.6 Å². The Kier molecular flexibility index (Phi) is 9.61. The fourth-order valence-electron chi connectivity index (χ4n) is 4.52. The molecule has 2 aromatic rings. The number of nitrogens with two attached hydrogens (primary N) is 2. The lowest BCUT2D eigenvalue weighted by molar-refractivity contribution is -0.145. The van der Waals surface area contributed by atoms with E-state index < -0.39 is 36.1 Å². The van der Waals surface area contributed by atoms with Crippen LogP contribution in [0.15, 0.2) is 34.3 Å². The summed E-state index contributed by atoms with van der Waals surface area (Å²) < 4.78 is 5.78. The molecule has 4 unspecified atom stereocenters. The number of carboxylic acids is 1. The Balaban J connectivity index is 1.45. The van der Waals surface area contributed by atoms with E-state index in [1.54, 1.807) is 6.92 Å². The third-order valence-corrected chi connectivity index (χ3v) is 6.65. The molecule has 10 N–H and O–H groups in total. The number of rotatable bonds is 13. The molecule has 2 heterocycles. The van der Waals surface area contributed by atoms with Crippen molar-refractivity contribution in [3.8, 4) is 0 Å². The highest BCUT2D eigenvalue weighted by Crippen LogP contribution is 2.32. The van der Waals surface area contributed by atoms with E-state index in [0.717, 1.165) is 16.5 Å². The van der Waals surface area contributed by atoms with Crippen LogP contribution in [0.5, 0.6) is 0 Å². The van der Waals surface area contributed by atoms with Gasteiger partial charge in [-0.1, -0.05) is 24.3 Å². The summed E-state index contributed by atoms with van der Waals surface area (Å²) >= 11 is 0. The number of aliphatic hydroxyl groups excluding tert-OH is 1. The highest BCUT2D eigenvalue weighted by molar-refractivity contribution is 5.88. The molecule has 0 fully saturated rings. The van der Waals surface area contributed by atoms with Crippen molar-refractivity contribution in [2.24, 2.45) is 11.5 Å². The number of unbranched alkanes of at least 4 members (excludes halogenated alkanes) is 1. The number of amides is 2. The topological polar surface area (TPSA) is 217 Å². The zero-order valence-corrected chi connectivity index (χ0v) is 21.5. The SMILES string of the molecule is Cc1c(C(O)C(NC(=O)CCCCNC(=O)C(N)CC2=CCNC2C(=N)N)C(=O)O)oc2c(C)cccc12. The van der Waals surface area contributed by atoms with Crippen molar-refractivity contribution in [3.63, 3.8) is 0 Å². The molecule has 0 aliphatic carbocycles. The lowest BCUT2D eigenvalue weighted by atomic mass is 10.0. The van der Waals surface area contributed by atoms with Crippen molar-refractivity contribution in [2.75, 3.05) is 13.1 Å². The summed E-state index contributed by atoms with van der Waals surface area (Å²) in [5.74, 6) is -2.21. The van der Waals surface area contributed by atoms with Gasteiger partial charge in [-0.25, -0.2) is 4.79 Å². The molecule has 1 aliphatic heterocycles. The van der Waals surface area contributed by atoms with Crippen LogP contribution in [0.2, 0.25) is 0 Å². The summed E-state index contributed by atoms with van der Waals surface area (Å²) in [6.07, 6.45) is 1.43. The van der Waals surface area contributed by atoms with Crippen LogP contribution in [0, 0.1) is 19.3 Å². The average Bonchev–Trinajstić information content (AvgIpc) is 3.47. The molecule has 38 heavy (non-hydrogen) atoms. The molecule has 206 valence electrons. The zero-order chi connectivity index (χ0) is 28.0. The smallest absolute Gasteiger partial charge is 0.329 e. The third-order valence-electron chi connectivity index (χ3n) is 6.65. The first-order valence-corrected chi connectivity index (χ1v) is 12.5. The number of carbonyl (C=O) groups is 3. The quantitative estimate of drug-likeness (QED) is 0.0784. The number of aliphatic carboxylic acids is 1. The molecule has 2 amide bonds. The zero-order valence-electron chi connectivity index (χ0n) is 21.5. The lowest BCUT2D eigenvalue weighted by Gasteiger charge is -2.19. The fourth-order valence-corrected chi connectivity index (χ4v) is 4.52. The lowest BCUT2D eigenvalue weighted by Crippen LogP contribution is -2.45. The maximum absolute atomic E-state index is 12.4. The Morgan fingerprint density at radius 3 is 2.66 bits per heavy atom. The van der Waals surface area contributed by atoms with Gasteiger partial charge in [0.1, 0.15) is 23.3 Å². The molecule has 1 aromatic carbocycles. The molecule has 12 heteroatoms. The number of amidine groups is 1. The molecule has 0 bridgehead atoms. The van der Waals surface area contributed by atoms with Crippen LogP contribution in [-0.4, -0.2) is 65.0 Å². The monoisotopic (exact) mass is 528 g/mol. The second-order valence-electron chi connectivity index (χ2n) is 9.51. The Hall–Kier alpha value is -3.74. The second kappa shape index (κ2) is 12.7. The molecule has 0 spiro atoms. The standard InChI is InChI=1S/C26H36N6O6/c1-13-6-5-7-16-14(2)23(38-22(13)16)21(34)20(26(36)37)32-18(33)8-3-4-10-31-25(35)17(27)12-15-9-11-30-19(15)24(28)29/h5-7,9,17,19-21,30,34H,3-4,8,10-12,27H2,1-2H3,(H3,28,29)(H,31,35)(H,32,33)(H,36,37). The summed E-state index contributed by atoms with van der Waals surface area (Å²) in [5.41, 5.74) is 14.4. The molecular weight excluding hydrogens is 492 g/mol. The number of para-hydroxylation sites is 1. The molecule has 0 saturated carbocycles. The molecular formula is C26H36N6O6. The summed E-state index contributed by atoms with van der Waals surface area (Å²) in [6, 6.07) is 2.73. The van der Waals surface area contributed by atoms with E-state index in [0.29, 0.717) is 30.5 Å². The number of benzene rings is 1. The van der Waals surface area contributed by atoms with E-state index in [-0.39, 0.29) is 36.9 Å². The fraction of sp³-hybridized carbons (Fsp3) is 0.462. The number of nitrogens with one attached hydrogen (secondary N) is 4. The number of aryl methyl sites for hydroxylation is 2. The predicted octanol–water partition coefficient (Wildman–Crippen LogP) is 0.491. The van der Waals surface area contributed by atoms with Gasteiger partial charge in [0.2, 0.25) is 11.8 Å². The van der Waals surface area contributed by atoms with E-state index >= 15 is 0 Å². The van der Waals surface area contributed by atoms with Crippen molar-refractivity contribution < 1.29 is 29.0 Å². The molecule has 1 aromatic heterocycles. The van der Waals surface area contributed by atoms with Gasteiger partial charge in [-0.2, -0.15) is 0 Å². The number of fused-ring (bicyclic) bond motifs is 1. The van der Waals surface area contributed by atoms with Gasteiger partial charge in [0.05, 0.1) is 12.1 Å². The first kappa shape index (κ1) is 28.8. The molecule has 0 radical (unpaired) electrons. The van der Waals surface area contributed by atoms with Crippen LogP contribution in [0.4, 0.5) is 0 Å². The number of hydrogen-bond acceptors (Lipinski definition) is 8. The van der Waals surface area contributed by atoms with Gasteiger partial charge >= 0.3 is 5.97 Å². The number of carboxylic acid groups (broad SMARTS) is 1. The summed E-state index contributed by atoms with van der Waals surface area (Å²) in [4.78, 5) is 36.6. The van der Waals surface area contributed by atoms with Gasteiger partial charge in [-0.05, 0) is 44.2 Å². The van der Waals surface area contributed by atoms with Crippen LogP contribution in [0.25, 0.3) is 11.0 Å². The van der Waals surface area contributed by atoms with Crippen LogP contribution >= 0.6 is 0 Å². The maximum atomic E-state index is 12.4. The highest BCUT2D eigenvalue weighted by atomic mass is 16.4. The molecule has 3 rings (SSSR count). The van der Waals surface area contributed by atoms with E-state index in [1.165, 1.54) is 0 Å². The summed E-state index contributed by atoms with van der Waals surface area (Å²) in [5, 5.41) is 36.9. The average molecular weight is 529 g/mol. The van der Waals surface area contributed by atoms with E-state index in [1.807, 2.05) is 31.2 Å². The van der Waals surface area contributed by atoms with Gasteiger partial charge in [-0.3, -0.25) is 15.0 Å². The number of hydrogen-bond donors (Lipinski definition) is 8. The van der Waals surface area contributed by atoms with E-state index in [4.69, 9.17) is 21.3 Å². The van der Waals surface area contributed by atoms with Crippen molar-refractivity contribution in [1.82, 2.24) is 16.0 Å². The second-order valence-corrected chi connectivity index (χ2v) is 9.51. The summed E-state index contributed by atoms with van der Waals surface area (Å²) in [6.45, 7) is 4.43. The van der Waals surface area contributed by atoms with Gasteiger partial charge in [0.25, 0.3) is 0 Å². The molecule has 4 atom stereocenters. The number of furan rings is 1. The first-order valence-electron chi connectivity index (χ1n) is 12.5. The minimum atomic E-state index is -1.59. The molecule has 0 saturated heterocycles. The van der Waals surface area contributed by atoms with Crippen molar-refractivity contribution in [3.05, 3.63) is 46.7 Å². The van der Waals surface area contributed by atoms with Crippen LogP contribution < -0.4 is 27.4 Å². The maximum Gasteiger partial charge on any atom is 0.329 e. The Morgan fingerprint density at radius 1 is 1.26 bits per heavy atom. The molecule has 12 nitrogen and oxygen atoms in total. The van der Waals surface area contributed by atoms with Crippen molar-refractivity contribution in [2.45, 2.75) is 63.8 Å². The minimum Gasteiger partial charge on any atom is -0.480 e. The third kappa shape index (κ3) is 6.77. The molecule has 1 aliphatic rings. The number of carbonyl (C=O) groups excluding carboxylic acids is 2. The minimum absolute atomic E-state index is 0.00942. The van der Waals surface area contributed by atoms with E-state index in [2.05, 4.69) is 16.0 Å². The van der Waals surface area contributed by atoms with Gasteiger partial charge in [0, 0.05) is 30.5 Å². The summed E-state index contributed by atoms with van der Waals surface area (Å²) in [7, 11) is 0. The predicted molar refractivity (Wildman–Crippen MR) is 141 cm³/mol. The Labute approximate surface area is 220 Å². The highest BCUT2D eigenvalue weighted by Gasteiger charge is 2.33. The first-order chi connectivity index (χ1) is 18.0. The van der Waals surface area contributed by atoms with Gasteiger partial charge in [-0.15, -0.1) is 0 Å². The van der Waals surface area contributed by atoms with E-state index in [9.17, 15) is 24.6 Å².